The summed E-state index contributed by atoms with van der Waals surface area (Å²) in [4.78, 5) is 24.0. The Bertz CT molecular complexity index is 923. The predicted molar refractivity (Wildman–Crippen MR) is 107 cm³/mol. The van der Waals surface area contributed by atoms with Gasteiger partial charge in [-0.05, 0) is 42.2 Å². The molecule has 0 aliphatic heterocycles. The second-order valence-electron chi connectivity index (χ2n) is 7.03. The molecule has 0 heterocycles. The molecule has 2 aromatic carbocycles. The molecule has 2 aromatic rings. The van der Waals surface area contributed by atoms with Crippen molar-refractivity contribution in [2.45, 2.75) is 25.3 Å². The first-order chi connectivity index (χ1) is 14.4. The van der Waals surface area contributed by atoms with Gasteiger partial charge in [0.2, 0.25) is 5.91 Å². The van der Waals surface area contributed by atoms with Gasteiger partial charge in [0.15, 0.2) is 0 Å². The zero-order valence-electron chi connectivity index (χ0n) is 16.1. The van der Waals surface area contributed by atoms with Gasteiger partial charge in [0.1, 0.15) is 12.4 Å². The highest BCUT2D eigenvalue weighted by Crippen LogP contribution is 2.34. The number of hydrogen-bond acceptors (Lipinski definition) is 4. The molecule has 0 unspecified atom stereocenters. The molecule has 3 amide bonds. The van der Waals surface area contributed by atoms with Crippen LogP contribution in [-0.2, 0) is 6.42 Å². The smallest absolute Gasteiger partial charge is 0.319 e. The summed E-state index contributed by atoms with van der Waals surface area (Å²) in [5, 5.41) is 15.1. The molecule has 5 N–H and O–H groups in total. The number of nitrogens with two attached hydrogens (primary N) is 1. The molecule has 7 nitrogen and oxygen atoms in total. The van der Waals surface area contributed by atoms with Crippen molar-refractivity contribution >= 4 is 17.6 Å². The number of fused-ring (bicyclic) bond motifs is 1. The monoisotopic (exact) mass is 419 g/mol. The van der Waals surface area contributed by atoms with Crippen LogP contribution >= 0.6 is 0 Å². The van der Waals surface area contributed by atoms with E-state index in [1.807, 2.05) is 24.3 Å². The summed E-state index contributed by atoms with van der Waals surface area (Å²) < 4.78 is 30.2. The van der Waals surface area contributed by atoms with Gasteiger partial charge in [0.25, 0.3) is 6.43 Å². The van der Waals surface area contributed by atoms with Gasteiger partial charge in [-0.2, -0.15) is 0 Å². The van der Waals surface area contributed by atoms with Crippen LogP contribution in [0.4, 0.5) is 19.3 Å². The first-order valence-electron chi connectivity index (χ1n) is 9.50. The van der Waals surface area contributed by atoms with Crippen molar-refractivity contribution in [3.8, 4) is 5.75 Å². The number of aliphatic hydroxyl groups excluding tert-OH is 1. The van der Waals surface area contributed by atoms with Crippen LogP contribution in [0.5, 0.6) is 5.75 Å². The van der Waals surface area contributed by atoms with Crippen LogP contribution in [-0.4, -0.2) is 36.7 Å². The first-order valence-corrected chi connectivity index (χ1v) is 9.50. The van der Waals surface area contributed by atoms with Crippen LogP contribution in [0.15, 0.2) is 42.5 Å². The minimum absolute atomic E-state index is 0.0618. The molecule has 2 atom stereocenters. The number of ether oxygens (including phenoxy) is 1. The van der Waals surface area contributed by atoms with Gasteiger partial charge in [0.05, 0.1) is 11.7 Å². The Labute approximate surface area is 172 Å². The summed E-state index contributed by atoms with van der Waals surface area (Å²) in [5.74, 6) is -1.00. The molecule has 3 rings (SSSR count). The van der Waals surface area contributed by atoms with E-state index in [1.165, 1.54) is 18.2 Å². The fourth-order valence-electron chi connectivity index (χ4n) is 3.57. The van der Waals surface area contributed by atoms with Crippen LogP contribution in [0.25, 0.3) is 0 Å². The van der Waals surface area contributed by atoms with Gasteiger partial charge in [-0.1, -0.05) is 24.3 Å². The molecule has 0 aromatic heterocycles. The first kappa shape index (κ1) is 21.5. The Hall–Kier alpha value is -3.20. The number of benzene rings is 2. The number of anilines is 1. The molecule has 9 heteroatoms. The molecular formula is C21H23F2N3O4. The van der Waals surface area contributed by atoms with Gasteiger partial charge in [-0.15, -0.1) is 0 Å². The van der Waals surface area contributed by atoms with Crippen molar-refractivity contribution in [3.05, 3.63) is 59.2 Å². The molecule has 0 saturated carbocycles. The predicted octanol–water partition coefficient (Wildman–Crippen LogP) is 2.85. The Morgan fingerprint density at radius 3 is 2.70 bits per heavy atom. The molecule has 30 heavy (non-hydrogen) atoms. The number of nitrogens with one attached hydrogen (secondary N) is 2. The van der Waals surface area contributed by atoms with E-state index in [4.69, 9.17) is 10.5 Å². The van der Waals surface area contributed by atoms with Crippen LogP contribution < -0.4 is 21.1 Å². The van der Waals surface area contributed by atoms with Gasteiger partial charge < -0.3 is 26.2 Å². The van der Waals surface area contributed by atoms with Gasteiger partial charge in [-0.3, -0.25) is 4.79 Å². The number of alkyl halides is 2. The van der Waals surface area contributed by atoms with E-state index in [0.29, 0.717) is 6.42 Å². The Kier molecular flexibility index (Phi) is 6.83. The van der Waals surface area contributed by atoms with Crippen molar-refractivity contribution in [2.24, 2.45) is 11.7 Å². The third-order valence-corrected chi connectivity index (χ3v) is 5.05. The summed E-state index contributed by atoms with van der Waals surface area (Å²) in [5.41, 5.74) is 7.42. The third-order valence-electron chi connectivity index (χ3n) is 5.05. The van der Waals surface area contributed by atoms with Crippen molar-refractivity contribution in [1.29, 1.82) is 0 Å². The van der Waals surface area contributed by atoms with E-state index in [2.05, 4.69) is 10.6 Å². The van der Waals surface area contributed by atoms with Crippen LogP contribution in [0.2, 0.25) is 0 Å². The lowest BCUT2D eigenvalue weighted by Crippen LogP contribution is -2.40. The molecule has 0 bridgehead atoms. The maximum Gasteiger partial charge on any atom is 0.319 e. The highest BCUT2D eigenvalue weighted by atomic mass is 19.3. The van der Waals surface area contributed by atoms with Crippen LogP contribution in [0, 0.1) is 5.92 Å². The van der Waals surface area contributed by atoms with Crippen molar-refractivity contribution < 1.29 is 28.2 Å². The summed E-state index contributed by atoms with van der Waals surface area (Å²) >= 11 is 0. The standard InChI is InChI=1S/C21H23F2N3O4/c22-18(23)11-30-17-9-13(20(24)28)7-8-16(17)25-21(29)26-19-14(10-27)6-5-12-3-1-2-4-15(12)19/h1-4,7-9,14,18-19,27H,5-6,10-11H2,(H2,24,28)(H2,25,26,29)/t14-,19+/m0/s1. The number of rotatable bonds is 7. The summed E-state index contributed by atoms with van der Waals surface area (Å²) in [7, 11) is 0. The Balaban J connectivity index is 1.79. The second kappa shape index (κ2) is 9.53. The summed E-state index contributed by atoms with van der Waals surface area (Å²) in [6.45, 7) is -0.990. The third kappa shape index (κ3) is 5.04. The maximum absolute atomic E-state index is 12.7. The lowest BCUT2D eigenvalue weighted by Gasteiger charge is -2.33. The highest BCUT2D eigenvalue weighted by molar-refractivity contribution is 5.96. The number of carbonyl (C=O) groups is 2. The molecule has 0 saturated heterocycles. The normalized spacial score (nSPS) is 17.9. The lowest BCUT2D eigenvalue weighted by atomic mass is 9.80. The van der Waals surface area contributed by atoms with Crippen molar-refractivity contribution in [1.82, 2.24) is 5.32 Å². The van der Waals surface area contributed by atoms with E-state index >= 15 is 0 Å². The number of aliphatic hydroxyl groups is 1. The maximum atomic E-state index is 12.7. The fourth-order valence-corrected chi connectivity index (χ4v) is 3.57. The number of hydrogen-bond donors (Lipinski definition) is 4. The molecule has 0 spiro atoms. The Morgan fingerprint density at radius 2 is 2.00 bits per heavy atom. The molecule has 0 fully saturated rings. The summed E-state index contributed by atoms with van der Waals surface area (Å²) in [6, 6.07) is 10.6. The topological polar surface area (TPSA) is 114 Å². The van der Waals surface area contributed by atoms with E-state index in [9.17, 15) is 23.5 Å². The number of primary amides is 1. The zero-order valence-corrected chi connectivity index (χ0v) is 16.1. The van der Waals surface area contributed by atoms with Crippen molar-refractivity contribution in [3.63, 3.8) is 0 Å². The molecule has 0 radical (unpaired) electrons. The molecular weight excluding hydrogens is 396 g/mol. The summed E-state index contributed by atoms with van der Waals surface area (Å²) in [6.07, 6.45) is -1.21. The average Bonchev–Trinajstić information content (AvgIpc) is 2.73. The number of urea groups is 1. The van der Waals surface area contributed by atoms with Crippen molar-refractivity contribution in [2.75, 3.05) is 18.5 Å². The van der Waals surface area contributed by atoms with Gasteiger partial charge in [0, 0.05) is 18.1 Å². The zero-order chi connectivity index (χ0) is 21.7. The number of aryl methyl sites for hydroxylation is 1. The quantitative estimate of drug-likeness (QED) is 0.553. The largest absolute Gasteiger partial charge is 0.485 e. The number of halogens is 2. The minimum Gasteiger partial charge on any atom is -0.485 e. The minimum atomic E-state index is -2.73. The SMILES string of the molecule is NC(=O)c1ccc(NC(=O)N[C@H]2c3ccccc3CC[C@H]2CO)c(OCC(F)F)c1. The van der Waals surface area contributed by atoms with Gasteiger partial charge >= 0.3 is 6.03 Å². The Morgan fingerprint density at radius 1 is 1.23 bits per heavy atom. The van der Waals surface area contributed by atoms with Crippen LogP contribution in [0.1, 0.15) is 33.9 Å². The second-order valence-corrected chi connectivity index (χ2v) is 7.03. The molecule has 1 aliphatic rings. The fraction of sp³-hybridized carbons (Fsp3) is 0.333. The van der Waals surface area contributed by atoms with Crippen LogP contribution in [0.3, 0.4) is 0 Å². The van der Waals surface area contributed by atoms with E-state index in [1.54, 1.807) is 0 Å². The number of amides is 3. The van der Waals surface area contributed by atoms with E-state index in [-0.39, 0.29) is 29.5 Å². The highest BCUT2D eigenvalue weighted by Gasteiger charge is 2.30. The molecule has 1 aliphatic carbocycles. The average molecular weight is 419 g/mol. The van der Waals surface area contributed by atoms with Gasteiger partial charge in [-0.25, -0.2) is 13.6 Å². The lowest BCUT2D eigenvalue weighted by molar-refractivity contribution is 0.0822. The van der Waals surface area contributed by atoms with E-state index < -0.39 is 31.0 Å². The molecule has 160 valence electrons. The van der Waals surface area contributed by atoms with E-state index in [0.717, 1.165) is 17.5 Å². The number of carbonyl (C=O) groups excluding carboxylic acids is 2.